The van der Waals surface area contributed by atoms with E-state index in [9.17, 15) is 28.8 Å². The second-order valence-corrected chi connectivity index (χ2v) is 15.7. The molecule has 316 valence electrons. The van der Waals surface area contributed by atoms with Crippen LogP contribution in [0.3, 0.4) is 0 Å². The number of Topliss-reactive ketones (excluding diaryl/α,β-unsaturated/α-hetero) is 4. The predicted molar refractivity (Wildman–Crippen MR) is 229 cm³/mol. The number of hydrogen-bond acceptors (Lipinski definition) is 9. The van der Waals surface area contributed by atoms with Gasteiger partial charge in [-0.2, -0.15) is 0 Å². The number of amides is 2. The average Bonchev–Trinajstić information content (AvgIpc) is 3.20. The van der Waals surface area contributed by atoms with Crippen molar-refractivity contribution in [2.45, 2.75) is 118 Å². The molecule has 6 rings (SSSR count). The van der Waals surface area contributed by atoms with Gasteiger partial charge < -0.3 is 24.3 Å². The summed E-state index contributed by atoms with van der Waals surface area (Å²) < 4.78 is 5.28. The Morgan fingerprint density at radius 3 is 1.58 bits per heavy atom. The van der Waals surface area contributed by atoms with E-state index in [1.54, 1.807) is 32.6 Å². The van der Waals surface area contributed by atoms with Crippen LogP contribution < -0.4 is 9.80 Å². The second kappa shape index (κ2) is 26.5. The quantitative estimate of drug-likeness (QED) is 0.276. The summed E-state index contributed by atoms with van der Waals surface area (Å²) >= 11 is 0. The van der Waals surface area contributed by atoms with Gasteiger partial charge in [0.05, 0.1) is 6.10 Å². The Hall–Kier alpha value is -4.38. The van der Waals surface area contributed by atoms with Crippen LogP contribution in [-0.2, 0) is 35.1 Å². The van der Waals surface area contributed by atoms with Gasteiger partial charge in [-0.1, -0.05) is 31.4 Å². The molecule has 0 spiro atoms. The molecular weight excluding hydrogens is 721 g/mol. The molecule has 1 unspecified atom stereocenters. The lowest BCUT2D eigenvalue weighted by molar-refractivity contribution is -0.133. The lowest BCUT2D eigenvalue weighted by Crippen LogP contribution is -2.48. The molecular formula is C46H70N4O7. The second-order valence-electron chi connectivity index (χ2n) is 15.7. The maximum atomic E-state index is 11.2. The lowest BCUT2D eigenvalue weighted by atomic mass is 9.87. The Kier molecular flexibility index (Phi) is 22.7. The highest BCUT2D eigenvalue weighted by molar-refractivity contribution is 5.94. The highest BCUT2D eigenvalue weighted by Gasteiger charge is 2.19. The third-order valence-electron chi connectivity index (χ3n) is 10.6. The molecule has 11 heteroatoms. The SMILES string of the molecule is CC(=O)C1CCCCC1.CC(=O)Cc1ccc(N(C)C)cc1.CC(=O)N1CCC(=O)CC1.CC(=O)c1ccc(N2CCN(C(C)=O)CC2)cc1.CC1CCCCO1. The summed E-state index contributed by atoms with van der Waals surface area (Å²) in [6.45, 7) is 15.6. The minimum atomic E-state index is 0.0764. The summed E-state index contributed by atoms with van der Waals surface area (Å²) in [5, 5.41) is 0. The van der Waals surface area contributed by atoms with E-state index < -0.39 is 0 Å². The van der Waals surface area contributed by atoms with Crippen LogP contribution in [-0.4, -0.2) is 111 Å². The molecule has 4 fully saturated rings. The van der Waals surface area contributed by atoms with Crippen molar-refractivity contribution in [3.05, 3.63) is 59.7 Å². The first kappa shape index (κ1) is 48.8. The summed E-state index contributed by atoms with van der Waals surface area (Å²) in [5.41, 5.74) is 4.09. The topological polar surface area (TPSA) is 125 Å². The number of carbonyl (C=O) groups is 6. The van der Waals surface area contributed by atoms with Crippen molar-refractivity contribution in [2.24, 2.45) is 5.92 Å². The molecule has 3 heterocycles. The van der Waals surface area contributed by atoms with Crippen LogP contribution in [0.15, 0.2) is 48.5 Å². The molecule has 2 aromatic rings. The van der Waals surface area contributed by atoms with E-state index in [1.807, 2.05) is 72.4 Å². The molecule has 3 saturated heterocycles. The van der Waals surface area contributed by atoms with E-state index in [2.05, 4.69) is 11.8 Å². The van der Waals surface area contributed by atoms with E-state index in [0.717, 1.165) is 68.1 Å². The maximum Gasteiger partial charge on any atom is 0.219 e. The van der Waals surface area contributed by atoms with Crippen molar-refractivity contribution < 1.29 is 33.5 Å². The zero-order valence-corrected chi connectivity index (χ0v) is 36.1. The molecule has 11 nitrogen and oxygen atoms in total. The fourth-order valence-corrected chi connectivity index (χ4v) is 6.87. The van der Waals surface area contributed by atoms with Gasteiger partial charge in [-0.25, -0.2) is 0 Å². The summed E-state index contributed by atoms with van der Waals surface area (Å²) in [6, 6.07) is 15.7. The van der Waals surface area contributed by atoms with E-state index in [0.29, 0.717) is 50.2 Å². The highest BCUT2D eigenvalue weighted by atomic mass is 16.5. The number of carbonyl (C=O) groups excluding carboxylic acids is 6. The summed E-state index contributed by atoms with van der Waals surface area (Å²) in [5.74, 6) is 1.60. The van der Waals surface area contributed by atoms with Crippen molar-refractivity contribution in [1.82, 2.24) is 9.80 Å². The molecule has 2 amide bonds. The van der Waals surface area contributed by atoms with E-state index in [1.165, 1.54) is 45.4 Å². The molecule has 4 aliphatic rings. The molecule has 3 aliphatic heterocycles. The Labute approximate surface area is 342 Å². The number of piperazine rings is 1. The zero-order chi connectivity index (χ0) is 42.3. The average molecular weight is 791 g/mol. The van der Waals surface area contributed by atoms with Gasteiger partial charge in [0.2, 0.25) is 11.8 Å². The van der Waals surface area contributed by atoms with Gasteiger partial charge in [-0.3, -0.25) is 28.8 Å². The fourth-order valence-electron chi connectivity index (χ4n) is 6.87. The van der Waals surface area contributed by atoms with Crippen molar-refractivity contribution >= 4 is 46.3 Å². The van der Waals surface area contributed by atoms with Gasteiger partial charge in [-0.15, -0.1) is 0 Å². The third-order valence-corrected chi connectivity index (χ3v) is 10.6. The molecule has 0 radical (unpaired) electrons. The van der Waals surface area contributed by atoms with Gasteiger partial charge in [0.1, 0.15) is 17.3 Å². The van der Waals surface area contributed by atoms with Gasteiger partial charge in [0.15, 0.2) is 5.78 Å². The first-order chi connectivity index (χ1) is 27.1. The Balaban J connectivity index is 0.000000256. The van der Waals surface area contributed by atoms with Gasteiger partial charge in [-0.05, 0) is 102 Å². The molecule has 0 N–H and O–H groups in total. The smallest absolute Gasteiger partial charge is 0.219 e. The Morgan fingerprint density at radius 2 is 1.19 bits per heavy atom. The number of rotatable bonds is 6. The van der Waals surface area contributed by atoms with Crippen molar-refractivity contribution in [2.75, 3.05) is 69.8 Å². The van der Waals surface area contributed by atoms with Crippen molar-refractivity contribution in [3.63, 3.8) is 0 Å². The minimum absolute atomic E-state index is 0.0764. The van der Waals surface area contributed by atoms with Crippen LogP contribution in [0.4, 0.5) is 11.4 Å². The molecule has 1 atom stereocenters. The Bertz CT molecular complexity index is 1530. The molecule has 57 heavy (non-hydrogen) atoms. The fraction of sp³-hybridized carbons (Fsp3) is 0.609. The largest absolute Gasteiger partial charge is 0.379 e. The maximum absolute atomic E-state index is 11.2. The van der Waals surface area contributed by atoms with Crippen LogP contribution in [0, 0.1) is 5.92 Å². The van der Waals surface area contributed by atoms with Crippen LogP contribution in [0.25, 0.3) is 0 Å². The number of piperidine rings is 1. The number of benzene rings is 2. The predicted octanol–water partition coefficient (Wildman–Crippen LogP) is 7.37. The van der Waals surface area contributed by atoms with Gasteiger partial charge in [0.25, 0.3) is 0 Å². The first-order valence-corrected chi connectivity index (χ1v) is 20.8. The minimum Gasteiger partial charge on any atom is -0.379 e. The van der Waals surface area contributed by atoms with Crippen molar-refractivity contribution in [3.8, 4) is 0 Å². The van der Waals surface area contributed by atoms with Crippen molar-refractivity contribution in [1.29, 1.82) is 0 Å². The normalized spacial score (nSPS) is 18.1. The standard InChI is InChI=1S/C14H18N2O2.C11H15NO.C8H14O.C7H11NO2.C6H12O/c1-11(17)13-3-5-14(6-4-13)16-9-7-15(8-10-16)12(2)18;1-9(13)8-10-4-6-11(7-5-10)12(2)3;1-7(9)8-5-3-2-4-6-8;1-6(9)8-4-2-7(10)3-5-8;1-6-4-2-3-5-7-6/h3-6H,7-10H2,1-2H3;4-7H,8H2,1-3H3;8H,2-6H2,1H3;2-5H2,1H3;6H,2-5H2,1H3. The van der Waals surface area contributed by atoms with E-state index in [4.69, 9.17) is 4.74 Å². The third kappa shape index (κ3) is 20.0. The summed E-state index contributed by atoms with van der Waals surface area (Å²) in [6.07, 6.45) is 12.2. The van der Waals surface area contributed by atoms with Gasteiger partial charge >= 0.3 is 0 Å². The molecule has 1 aliphatic carbocycles. The van der Waals surface area contributed by atoms with E-state index in [-0.39, 0.29) is 29.2 Å². The van der Waals surface area contributed by atoms with Crippen LogP contribution in [0.1, 0.15) is 122 Å². The summed E-state index contributed by atoms with van der Waals surface area (Å²) in [4.78, 5) is 73.3. The monoisotopic (exact) mass is 791 g/mol. The molecule has 0 aromatic heterocycles. The highest BCUT2D eigenvalue weighted by Crippen LogP contribution is 2.24. The first-order valence-electron chi connectivity index (χ1n) is 20.8. The molecule has 1 saturated carbocycles. The number of ether oxygens (including phenoxy) is 1. The number of nitrogens with zero attached hydrogens (tertiary/aromatic N) is 4. The molecule has 0 bridgehead atoms. The zero-order valence-electron chi connectivity index (χ0n) is 36.1. The van der Waals surface area contributed by atoms with Crippen LogP contribution in [0.5, 0.6) is 0 Å². The number of ketones is 4. The van der Waals surface area contributed by atoms with Crippen LogP contribution >= 0.6 is 0 Å². The number of likely N-dealkylation sites (tertiary alicyclic amines) is 1. The number of hydrogen-bond donors (Lipinski definition) is 0. The summed E-state index contributed by atoms with van der Waals surface area (Å²) in [7, 11) is 4.00. The molecule has 2 aromatic carbocycles. The lowest BCUT2D eigenvalue weighted by Gasteiger charge is -2.35. The number of anilines is 2. The van der Waals surface area contributed by atoms with Crippen LogP contribution in [0.2, 0.25) is 0 Å². The van der Waals surface area contributed by atoms with E-state index >= 15 is 0 Å². The Morgan fingerprint density at radius 1 is 0.667 bits per heavy atom. The van der Waals surface area contributed by atoms with Gasteiger partial charge in [0, 0.05) is 116 Å².